The first-order valence-electron chi connectivity index (χ1n) is 7.32. The number of nitrogens with one attached hydrogen (secondary N) is 1. The highest BCUT2D eigenvalue weighted by molar-refractivity contribution is 5.35. The van der Waals surface area contributed by atoms with E-state index in [4.69, 9.17) is 4.98 Å². The standard InChI is InChI=1S/C15H25N3/c1-4-11-7-6-8-12(9-11)15-17-13(5-2)10-14(16-3)18-15/h10-12H,4-9H2,1-3H3,(H,16,17,18). The Kier molecular flexibility index (Phi) is 4.56. The molecule has 1 aromatic rings. The maximum Gasteiger partial charge on any atom is 0.134 e. The van der Waals surface area contributed by atoms with Crippen LogP contribution >= 0.6 is 0 Å². The topological polar surface area (TPSA) is 37.8 Å². The molecule has 0 amide bonds. The van der Waals surface area contributed by atoms with Crippen LogP contribution in [0.15, 0.2) is 6.07 Å². The van der Waals surface area contributed by atoms with Gasteiger partial charge in [0.2, 0.25) is 0 Å². The Balaban J connectivity index is 2.20. The summed E-state index contributed by atoms with van der Waals surface area (Å²) in [6.45, 7) is 4.46. The molecule has 3 nitrogen and oxygen atoms in total. The van der Waals surface area contributed by atoms with Crippen molar-refractivity contribution in [3.05, 3.63) is 17.6 Å². The molecule has 3 heteroatoms. The van der Waals surface area contributed by atoms with Gasteiger partial charge in [-0.25, -0.2) is 9.97 Å². The van der Waals surface area contributed by atoms with Crippen molar-refractivity contribution in [2.45, 2.75) is 58.3 Å². The van der Waals surface area contributed by atoms with E-state index in [2.05, 4.69) is 30.2 Å². The Hall–Kier alpha value is -1.12. The predicted octanol–water partition coefficient (Wildman–Crippen LogP) is 3.76. The number of aromatic nitrogens is 2. The molecular formula is C15H25N3. The van der Waals surface area contributed by atoms with Crippen molar-refractivity contribution in [3.8, 4) is 0 Å². The van der Waals surface area contributed by atoms with Crippen LogP contribution in [0.2, 0.25) is 0 Å². The molecule has 1 fully saturated rings. The zero-order valence-electron chi connectivity index (χ0n) is 11.9. The lowest BCUT2D eigenvalue weighted by Gasteiger charge is -2.27. The summed E-state index contributed by atoms with van der Waals surface area (Å²) in [7, 11) is 1.93. The molecule has 1 aliphatic carbocycles. The van der Waals surface area contributed by atoms with E-state index in [9.17, 15) is 0 Å². The SMILES string of the molecule is CCc1cc(NC)nc(C2CCCC(CC)C2)n1. The highest BCUT2D eigenvalue weighted by atomic mass is 15.0. The van der Waals surface area contributed by atoms with Crippen molar-refractivity contribution in [1.29, 1.82) is 0 Å². The molecular weight excluding hydrogens is 222 g/mol. The monoisotopic (exact) mass is 247 g/mol. The number of hydrogen-bond donors (Lipinski definition) is 1. The second kappa shape index (κ2) is 6.17. The van der Waals surface area contributed by atoms with E-state index in [1.165, 1.54) is 32.1 Å². The van der Waals surface area contributed by atoms with Gasteiger partial charge >= 0.3 is 0 Å². The van der Waals surface area contributed by atoms with E-state index in [1.807, 2.05) is 7.05 Å². The van der Waals surface area contributed by atoms with Crippen LogP contribution in [0.3, 0.4) is 0 Å². The number of aryl methyl sites for hydroxylation is 1. The first-order chi connectivity index (χ1) is 8.76. The van der Waals surface area contributed by atoms with Crippen molar-refractivity contribution >= 4 is 5.82 Å². The van der Waals surface area contributed by atoms with Crippen LogP contribution in [0.5, 0.6) is 0 Å². The summed E-state index contributed by atoms with van der Waals surface area (Å²) in [6, 6.07) is 2.06. The lowest BCUT2D eigenvalue weighted by atomic mass is 9.80. The van der Waals surface area contributed by atoms with Crippen molar-refractivity contribution < 1.29 is 0 Å². The van der Waals surface area contributed by atoms with Gasteiger partial charge in [0.25, 0.3) is 0 Å². The minimum absolute atomic E-state index is 0.572. The molecule has 0 saturated heterocycles. The Morgan fingerprint density at radius 1 is 1.28 bits per heavy atom. The summed E-state index contributed by atoms with van der Waals surface area (Å²) in [6.07, 6.45) is 7.52. The molecule has 2 rings (SSSR count). The summed E-state index contributed by atoms with van der Waals surface area (Å²) in [5.74, 6) is 3.48. The third kappa shape index (κ3) is 3.01. The fourth-order valence-corrected chi connectivity index (χ4v) is 2.91. The molecule has 1 aromatic heterocycles. The molecule has 0 radical (unpaired) electrons. The largest absolute Gasteiger partial charge is 0.373 e. The van der Waals surface area contributed by atoms with Gasteiger partial charge in [-0.2, -0.15) is 0 Å². The molecule has 1 N–H and O–H groups in total. The van der Waals surface area contributed by atoms with Gasteiger partial charge in [0, 0.05) is 24.7 Å². The third-order valence-corrected chi connectivity index (χ3v) is 4.14. The molecule has 1 heterocycles. The maximum absolute atomic E-state index is 4.74. The second-order valence-corrected chi connectivity index (χ2v) is 5.34. The number of nitrogens with zero attached hydrogens (tertiary/aromatic N) is 2. The van der Waals surface area contributed by atoms with Gasteiger partial charge in [0.05, 0.1) is 0 Å². The van der Waals surface area contributed by atoms with Crippen molar-refractivity contribution in [2.75, 3.05) is 12.4 Å². The van der Waals surface area contributed by atoms with Crippen molar-refractivity contribution in [1.82, 2.24) is 9.97 Å². The zero-order chi connectivity index (χ0) is 13.0. The van der Waals surface area contributed by atoms with Gasteiger partial charge in [0.1, 0.15) is 11.6 Å². The van der Waals surface area contributed by atoms with Gasteiger partial charge in [-0.1, -0.05) is 33.1 Å². The molecule has 2 atom stereocenters. The lowest BCUT2D eigenvalue weighted by Crippen LogP contribution is -2.17. The zero-order valence-corrected chi connectivity index (χ0v) is 11.9. The Labute approximate surface area is 110 Å². The summed E-state index contributed by atoms with van der Waals surface area (Å²) in [5, 5.41) is 3.16. The summed E-state index contributed by atoms with van der Waals surface area (Å²) >= 11 is 0. The Morgan fingerprint density at radius 2 is 2.11 bits per heavy atom. The van der Waals surface area contributed by atoms with Crippen molar-refractivity contribution in [2.24, 2.45) is 5.92 Å². The van der Waals surface area contributed by atoms with E-state index in [0.717, 1.165) is 29.7 Å². The van der Waals surface area contributed by atoms with Crippen LogP contribution in [0.4, 0.5) is 5.82 Å². The molecule has 100 valence electrons. The Bertz CT molecular complexity index is 367. The fourth-order valence-electron chi connectivity index (χ4n) is 2.91. The first-order valence-corrected chi connectivity index (χ1v) is 7.32. The van der Waals surface area contributed by atoms with Gasteiger partial charge in [-0.05, 0) is 25.2 Å². The molecule has 0 aromatic carbocycles. The normalized spacial score (nSPS) is 23.9. The van der Waals surface area contributed by atoms with Crippen LogP contribution < -0.4 is 5.32 Å². The molecule has 2 unspecified atom stereocenters. The van der Waals surface area contributed by atoms with Crippen LogP contribution in [0, 0.1) is 5.92 Å². The summed E-state index contributed by atoms with van der Waals surface area (Å²) < 4.78 is 0. The summed E-state index contributed by atoms with van der Waals surface area (Å²) in [4.78, 5) is 9.41. The first kappa shape index (κ1) is 13.3. The highest BCUT2D eigenvalue weighted by Gasteiger charge is 2.24. The smallest absolute Gasteiger partial charge is 0.134 e. The van der Waals surface area contributed by atoms with Crippen molar-refractivity contribution in [3.63, 3.8) is 0 Å². The van der Waals surface area contributed by atoms with E-state index < -0.39 is 0 Å². The molecule has 0 spiro atoms. The third-order valence-electron chi connectivity index (χ3n) is 4.14. The highest BCUT2D eigenvalue weighted by Crippen LogP contribution is 2.36. The second-order valence-electron chi connectivity index (χ2n) is 5.34. The predicted molar refractivity (Wildman–Crippen MR) is 75.9 cm³/mol. The molecule has 0 bridgehead atoms. The van der Waals surface area contributed by atoms with Crippen LogP contribution in [0.1, 0.15) is 63.4 Å². The number of hydrogen-bond acceptors (Lipinski definition) is 3. The molecule has 18 heavy (non-hydrogen) atoms. The van der Waals surface area contributed by atoms with Gasteiger partial charge in [0.15, 0.2) is 0 Å². The van der Waals surface area contributed by atoms with Crippen LogP contribution in [-0.4, -0.2) is 17.0 Å². The van der Waals surface area contributed by atoms with E-state index in [1.54, 1.807) is 0 Å². The lowest BCUT2D eigenvalue weighted by molar-refractivity contribution is 0.307. The quantitative estimate of drug-likeness (QED) is 0.880. The van der Waals surface area contributed by atoms with E-state index >= 15 is 0 Å². The van der Waals surface area contributed by atoms with E-state index in [-0.39, 0.29) is 0 Å². The number of rotatable bonds is 4. The minimum atomic E-state index is 0.572. The molecule has 1 saturated carbocycles. The fraction of sp³-hybridized carbons (Fsp3) is 0.733. The van der Waals surface area contributed by atoms with Gasteiger partial charge in [-0.15, -0.1) is 0 Å². The van der Waals surface area contributed by atoms with Crippen LogP contribution in [0.25, 0.3) is 0 Å². The van der Waals surface area contributed by atoms with Gasteiger partial charge < -0.3 is 5.32 Å². The van der Waals surface area contributed by atoms with E-state index in [0.29, 0.717) is 5.92 Å². The number of anilines is 1. The average molecular weight is 247 g/mol. The molecule has 0 aliphatic heterocycles. The Morgan fingerprint density at radius 3 is 2.78 bits per heavy atom. The maximum atomic E-state index is 4.74. The van der Waals surface area contributed by atoms with Gasteiger partial charge in [-0.3, -0.25) is 0 Å². The molecule has 1 aliphatic rings. The summed E-state index contributed by atoms with van der Waals surface area (Å²) in [5.41, 5.74) is 1.16. The average Bonchev–Trinajstić information content (AvgIpc) is 2.46. The van der Waals surface area contributed by atoms with Crippen LogP contribution in [-0.2, 0) is 6.42 Å². The minimum Gasteiger partial charge on any atom is -0.373 e.